The first-order chi connectivity index (χ1) is 7.87. The minimum atomic E-state index is -1.59. The Labute approximate surface area is 105 Å². The molecule has 92 valence electrons. The van der Waals surface area contributed by atoms with Crippen molar-refractivity contribution in [1.29, 1.82) is 0 Å². The van der Waals surface area contributed by atoms with E-state index in [1.54, 1.807) is 17.4 Å². The van der Waals surface area contributed by atoms with E-state index >= 15 is 0 Å². The summed E-state index contributed by atoms with van der Waals surface area (Å²) in [6.45, 7) is 13.9. The van der Waals surface area contributed by atoms with E-state index in [9.17, 15) is 0 Å². The van der Waals surface area contributed by atoms with Crippen LogP contribution in [0.25, 0.3) is 0 Å². The maximum atomic E-state index is 5.69. The van der Waals surface area contributed by atoms with Gasteiger partial charge in [0.05, 0.1) is 11.6 Å². The van der Waals surface area contributed by atoms with E-state index in [2.05, 4.69) is 46.9 Å². The van der Waals surface area contributed by atoms with Gasteiger partial charge in [-0.15, -0.1) is 0 Å². The largest absolute Gasteiger partial charge is 0.474 e. The average Bonchev–Trinajstić information content (AvgIpc) is 2.85. The molecule has 0 bridgehead atoms. The summed E-state index contributed by atoms with van der Waals surface area (Å²) >= 11 is 0. The van der Waals surface area contributed by atoms with E-state index in [-0.39, 0.29) is 0 Å². The van der Waals surface area contributed by atoms with Gasteiger partial charge in [-0.2, -0.15) is 0 Å². The molecule has 1 aliphatic carbocycles. The molecule has 0 aliphatic heterocycles. The lowest BCUT2D eigenvalue weighted by molar-refractivity contribution is 0.596. The van der Waals surface area contributed by atoms with Crippen LogP contribution in [0.2, 0.25) is 18.6 Å². The van der Waals surface area contributed by atoms with Gasteiger partial charge in [-0.3, -0.25) is 0 Å². The van der Waals surface area contributed by atoms with Crippen molar-refractivity contribution in [3.8, 4) is 0 Å². The van der Waals surface area contributed by atoms with Crippen molar-refractivity contribution in [3.05, 3.63) is 40.7 Å². The van der Waals surface area contributed by atoms with Crippen molar-refractivity contribution in [2.75, 3.05) is 0 Å². The molecule has 1 aromatic rings. The summed E-state index contributed by atoms with van der Waals surface area (Å²) in [5, 5.41) is 1.21. The van der Waals surface area contributed by atoms with Crippen molar-refractivity contribution in [2.24, 2.45) is 0 Å². The monoisotopic (exact) mass is 246 g/mol. The maximum Gasteiger partial charge on any atom is 0.137 e. The van der Waals surface area contributed by atoms with Gasteiger partial charge in [-0.25, -0.2) is 0 Å². The molecule has 0 radical (unpaired) electrons. The molecule has 0 saturated heterocycles. The van der Waals surface area contributed by atoms with Gasteiger partial charge in [0.15, 0.2) is 0 Å². The van der Waals surface area contributed by atoms with Crippen LogP contribution in [0.1, 0.15) is 27.7 Å². The third kappa shape index (κ3) is 1.75. The topological polar surface area (TPSA) is 13.1 Å². The van der Waals surface area contributed by atoms with Gasteiger partial charge in [0.1, 0.15) is 8.07 Å². The molecule has 1 nitrogen and oxygen atoms in total. The molecular formula is C15H22OSi. The van der Waals surface area contributed by atoms with E-state index in [1.165, 1.54) is 16.5 Å². The second-order valence-electron chi connectivity index (χ2n) is 5.75. The summed E-state index contributed by atoms with van der Waals surface area (Å²) in [5.74, 6) is 0. The Morgan fingerprint density at radius 1 is 1.00 bits per heavy atom. The van der Waals surface area contributed by atoms with Crippen molar-refractivity contribution >= 4 is 13.5 Å². The Kier molecular flexibility index (Phi) is 2.94. The zero-order chi connectivity index (χ0) is 12.8. The van der Waals surface area contributed by atoms with Crippen molar-refractivity contribution in [3.63, 3.8) is 0 Å². The molecule has 17 heavy (non-hydrogen) atoms. The van der Waals surface area contributed by atoms with Crippen molar-refractivity contribution in [1.82, 2.24) is 0 Å². The Morgan fingerprint density at radius 3 is 1.94 bits per heavy atom. The smallest absolute Gasteiger partial charge is 0.137 e. The number of hydrogen-bond acceptors (Lipinski definition) is 1. The van der Waals surface area contributed by atoms with Gasteiger partial charge in [0.2, 0.25) is 0 Å². The van der Waals surface area contributed by atoms with Gasteiger partial charge in [-0.05, 0) is 51.0 Å². The Hall–Kier alpha value is -1.02. The van der Waals surface area contributed by atoms with Crippen LogP contribution < -0.4 is 5.38 Å². The van der Waals surface area contributed by atoms with E-state index in [0.29, 0.717) is 5.54 Å². The quantitative estimate of drug-likeness (QED) is 0.711. The van der Waals surface area contributed by atoms with Gasteiger partial charge >= 0.3 is 0 Å². The van der Waals surface area contributed by atoms with Gasteiger partial charge in [-0.1, -0.05) is 24.2 Å². The third-order valence-corrected chi connectivity index (χ3v) is 8.35. The Balaban J connectivity index is 2.49. The first-order valence-electron chi connectivity index (χ1n) is 6.26. The lowest BCUT2D eigenvalue weighted by atomic mass is 10.1. The molecular weight excluding hydrogens is 224 g/mol. The zero-order valence-corrected chi connectivity index (χ0v) is 12.7. The van der Waals surface area contributed by atoms with E-state index in [4.69, 9.17) is 4.42 Å². The van der Waals surface area contributed by atoms with Crippen LogP contribution in [-0.2, 0) is 0 Å². The molecule has 0 aromatic carbocycles. The second-order valence-corrected chi connectivity index (χ2v) is 10.3. The highest BCUT2D eigenvalue weighted by molar-refractivity contribution is 6.91. The number of furan rings is 1. The fraction of sp³-hybridized carbons (Fsp3) is 0.467. The van der Waals surface area contributed by atoms with E-state index in [0.717, 1.165) is 0 Å². The average molecular weight is 246 g/mol. The molecule has 1 aromatic heterocycles. The number of hydrogen-bond donors (Lipinski definition) is 0. The van der Waals surface area contributed by atoms with Crippen LogP contribution in [-0.4, -0.2) is 8.07 Å². The van der Waals surface area contributed by atoms with Crippen LogP contribution >= 0.6 is 0 Å². The van der Waals surface area contributed by atoms with Gasteiger partial charge in [0, 0.05) is 5.54 Å². The predicted octanol–water partition coefficient (Wildman–Crippen LogP) is 4.25. The summed E-state index contributed by atoms with van der Waals surface area (Å²) < 4.78 is 5.69. The fourth-order valence-electron chi connectivity index (χ4n) is 3.22. The molecule has 0 atom stereocenters. The van der Waals surface area contributed by atoms with Crippen LogP contribution in [0.5, 0.6) is 0 Å². The van der Waals surface area contributed by atoms with Crippen LogP contribution in [0.3, 0.4) is 0 Å². The van der Waals surface area contributed by atoms with Gasteiger partial charge in [0.25, 0.3) is 0 Å². The molecule has 0 N–H and O–H groups in total. The van der Waals surface area contributed by atoms with Crippen molar-refractivity contribution < 1.29 is 4.42 Å². The molecule has 0 fully saturated rings. The first kappa shape index (κ1) is 12.4. The lowest BCUT2D eigenvalue weighted by Crippen LogP contribution is -2.45. The van der Waals surface area contributed by atoms with E-state index in [1.807, 2.05) is 6.07 Å². The molecule has 0 unspecified atom stereocenters. The highest BCUT2D eigenvalue weighted by Crippen LogP contribution is 2.46. The Morgan fingerprint density at radius 2 is 1.53 bits per heavy atom. The molecule has 0 saturated carbocycles. The number of allylic oxidation sites excluding steroid dienone is 4. The molecule has 0 amide bonds. The minimum absolute atomic E-state index is 0.605. The lowest BCUT2D eigenvalue weighted by Gasteiger charge is -2.30. The highest BCUT2D eigenvalue weighted by Gasteiger charge is 2.41. The Bertz CT molecular complexity index is 465. The second kappa shape index (κ2) is 4.02. The van der Waals surface area contributed by atoms with E-state index < -0.39 is 8.07 Å². The SMILES string of the molecule is CC1=C(C)C([Si](C)(C)c2ccco2)C(C)=C1C. The summed E-state index contributed by atoms with van der Waals surface area (Å²) in [6, 6.07) is 4.16. The first-order valence-corrected chi connectivity index (χ1v) is 9.34. The van der Waals surface area contributed by atoms with Crippen LogP contribution in [0, 0.1) is 0 Å². The fourth-order valence-corrected chi connectivity index (χ4v) is 7.00. The van der Waals surface area contributed by atoms with Crippen LogP contribution in [0.4, 0.5) is 0 Å². The predicted molar refractivity (Wildman–Crippen MR) is 76.3 cm³/mol. The molecule has 2 heteroatoms. The zero-order valence-electron chi connectivity index (χ0n) is 11.7. The summed E-state index contributed by atoms with van der Waals surface area (Å²) in [7, 11) is -1.59. The summed E-state index contributed by atoms with van der Waals surface area (Å²) in [6.07, 6.45) is 1.80. The third-order valence-electron chi connectivity index (χ3n) is 4.49. The summed E-state index contributed by atoms with van der Waals surface area (Å²) in [5.41, 5.74) is 6.68. The normalized spacial score (nSPS) is 18.5. The molecule has 0 spiro atoms. The minimum Gasteiger partial charge on any atom is -0.474 e. The molecule has 1 aliphatic rings. The highest BCUT2D eigenvalue weighted by atomic mass is 28.3. The molecule has 1 heterocycles. The van der Waals surface area contributed by atoms with Crippen LogP contribution in [0.15, 0.2) is 45.1 Å². The number of rotatable bonds is 2. The maximum absolute atomic E-state index is 5.69. The standard InChI is InChI=1S/C15H22OSi/c1-10-11(2)13(4)15(12(10)3)17(5,6)14-8-7-9-16-14/h7-9,15H,1-6H3. The van der Waals surface area contributed by atoms with Crippen molar-refractivity contribution in [2.45, 2.75) is 46.3 Å². The van der Waals surface area contributed by atoms with Gasteiger partial charge < -0.3 is 4.42 Å². The molecule has 2 rings (SSSR count). The summed E-state index contributed by atoms with van der Waals surface area (Å²) in [4.78, 5) is 0.